The summed E-state index contributed by atoms with van der Waals surface area (Å²) in [6.45, 7) is 0. The zero-order valence-corrected chi connectivity index (χ0v) is 11.5. The largest absolute Gasteiger partial charge is 0.502 e. The predicted molar refractivity (Wildman–Crippen MR) is 76.1 cm³/mol. The van der Waals surface area contributed by atoms with Crippen LogP contribution < -0.4 is 0 Å². The summed E-state index contributed by atoms with van der Waals surface area (Å²) < 4.78 is 13.4. The van der Waals surface area contributed by atoms with Crippen LogP contribution in [0.4, 0.5) is 15.8 Å². The number of aliphatic imine (C=N–C) groups is 1. The molecule has 0 spiro atoms. The van der Waals surface area contributed by atoms with Crippen LogP contribution in [0.1, 0.15) is 5.56 Å². The van der Waals surface area contributed by atoms with Gasteiger partial charge in [0.25, 0.3) is 0 Å². The first-order valence-electron chi connectivity index (χ1n) is 5.44. The molecule has 1 N–H and O–H groups in total. The molecular weight excluding hydrogens is 331 g/mol. The van der Waals surface area contributed by atoms with Gasteiger partial charge in [0, 0.05) is 22.3 Å². The number of rotatable bonds is 3. The van der Waals surface area contributed by atoms with Crippen LogP contribution in [0, 0.1) is 15.9 Å². The third-order valence-corrected chi connectivity index (χ3v) is 2.90. The Morgan fingerprint density at radius 2 is 2.10 bits per heavy atom. The molecule has 0 aliphatic rings. The van der Waals surface area contributed by atoms with E-state index in [1.165, 1.54) is 36.5 Å². The van der Waals surface area contributed by atoms with Gasteiger partial charge in [0.05, 0.1) is 10.6 Å². The zero-order chi connectivity index (χ0) is 14.7. The van der Waals surface area contributed by atoms with Crippen molar-refractivity contribution in [3.63, 3.8) is 0 Å². The average molecular weight is 339 g/mol. The maximum Gasteiger partial charge on any atom is 0.312 e. The van der Waals surface area contributed by atoms with E-state index in [2.05, 4.69) is 20.9 Å². The summed E-state index contributed by atoms with van der Waals surface area (Å²) in [6.07, 6.45) is 1.24. The quantitative estimate of drug-likeness (QED) is 0.523. The monoisotopic (exact) mass is 338 g/mol. The number of aromatic hydroxyl groups is 1. The van der Waals surface area contributed by atoms with E-state index in [1.807, 2.05) is 0 Å². The van der Waals surface area contributed by atoms with Crippen LogP contribution in [0.25, 0.3) is 0 Å². The fourth-order valence-electron chi connectivity index (χ4n) is 1.54. The Hall–Kier alpha value is -2.28. The molecule has 20 heavy (non-hydrogen) atoms. The van der Waals surface area contributed by atoms with E-state index < -0.39 is 22.2 Å². The summed E-state index contributed by atoms with van der Waals surface area (Å²) in [4.78, 5) is 14.1. The molecule has 0 unspecified atom stereocenters. The van der Waals surface area contributed by atoms with Gasteiger partial charge in [-0.05, 0) is 24.3 Å². The lowest BCUT2D eigenvalue weighted by Crippen LogP contribution is -1.92. The third kappa shape index (κ3) is 3.18. The first kappa shape index (κ1) is 14.1. The van der Waals surface area contributed by atoms with Gasteiger partial charge in [-0.2, -0.15) is 0 Å². The fraction of sp³-hybridized carbons (Fsp3) is 0. The molecule has 0 aliphatic carbocycles. The summed E-state index contributed by atoms with van der Waals surface area (Å²) >= 11 is 3.12. The number of hydrogen-bond donors (Lipinski definition) is 1. The molecule has 0 fully saturated rings. The minimum absolute atomic E-state index is 0.162. The smallest absolute Gasteiger partial charge is 0.312 e. The second-order valence-electron chi connectivity index (χ2n) is 3.86. The van der Waals surface area contributed by atoms with Gasteiger partial charge in [-0.15, -0.1) is 0 Å². The Kier molecular flexibility index (Phi) is 4.09. The van der Waals surface area contributed by atoms with Crippen molar-refractivity contribution in [3.05, 3.63) is 62.4 Å². The van der Waals surface area contributed by atoms with Crippen molar-refractivity contribution in [1.29, 1.82) is 0 Å². The molecule has 2 aromatic rings. The molecule has 0 bridgehead atoms. The Morgan fingerprint density at radius 3 is 2.75 bits per heavy atom. The van der Waals surface area contributed by atoms with Crippen molar-refractivity contribution in [2.75, 3.05) is 0 Å². The first-order chi connectivity index (χ1) is 9.47. The molecule has 2 rings (SSSR count). The molecule has 0 radical (unpaired) electrons. The molecule has 0 saturated carbocycles. The predicted octanol–water partition coefficient (Wildman–Crippen LogP) is 3.95. The van der Waals surface area contributed by atoms with E-state index in [0.29, 0.717) is 10.2 Å². The van der Waals surface area contributed by atoms with Crippen LogP contribution in [-0.2, 0) is 0 Å². The van der Waals surface area contributed by atoms with Gasteiger partial charge in [0.15, 0.2) is 0 Å². The normalized spacial score (nSPS) is 10.9. The second kappa shape index (κ2) is 5.79. The summed E-state index contributed by atoms with van der Waals surface area (Å²) in [5.74, 6) is -0.928. The summed E-state index contributed by atoms with van der Waals surface area (Å²) in [5.41, 5.74) is 0.0717. The first-order valence-corrected chi connectivity index (χ1v) is 6.23. The maximum absolute atomic E-state index is 13.0. The van der Waals surface area contributed by atoms with Crippen molar-refractivity contribution >= 4 is 33.5 Å². The number of benzene rings is 2. The van der Waals surface area contributed by atoms with Gasteiger partial charge in [-0.1, -0.05) is 22.0 Å². The lowest BCUT2D eigenvalue weighted by molar-refractivity contribution is -0.385. The highest BCUT2D eigenvalue weighted by molar-refractivity contribution is 9.10. The third-order valence-electron chi connectivity index (χ3n) is 2.44. The minimum Gasteiger partial charge on any atom is -0.502 e. The van der Waals surface area contributed by atoms with Crippen LogP contribution in [0.5, 0.6) is 5.75 Å². The molecule has 5 nitrogen and oxygen atoms in total. The van der Waals surface area contributed by atoms with Crippen LogP contribution >= 0.6 is 15.9 Å². The topological polar surface area (TPSA) is 75.7 Å². The molecule has 2 aromatic carbocycles. The van der Waals surface area contributed by atoms with Crippen molar-refractivity contribution in [2.24, 2.45) is 4.99 Å². The zero-order valence-electron chi connectivity index (χ0n) is 9.96. The van der Waals surface area contributed by atoms with Crippen molar-refractivity contribution in [3.8, 4) is 5.75 Å². The number of nitro groups is 1. The lowest BCUT2D eigenvalue weighted by atomic mass is 10.2. The number of phenols is 1. The molecule has 0 aliphatic heterocycles. The number of halogens is 2. The standard InChI is InChI=1S/C13H8BrFN2O3/c14-9-4-8(13(18)12(5-9)17(19)20)7-16-11-3-1-2-10(15)6-11/h1-7,18H. The van der Waals surface area contributed by atoms with Crippen molar-refractivity contribution in [1.82, 2.24) is 0 Å². The average Bonchev–Trinajstić information content (AvgIpc) is 2.39. The lowest BCUT2D eigenvalue weighted by Gasteiger charge is -2.01. The SMILES string of the molecule is O=[N+]([O-])c1cc(Br)cc(C=Nc2cccc(F)c2)c1O. The second-order valence-corrected chi connectivity index (χ2v) is 4.77. The summed E-state index contributed by atoms with van der Waals surface area (Å²) in [5, 5.41) is 20.6. The highest BCUT2D eigenvalue weighted by Gasteiger charge is 2.17. The number of phenolic OH excluding ortho intramolecular Hbond substituents is 1. The highest BCUT2D eigenvalue weighted by atomic mass is 79.9. The van der Waals surface area contributed by atoms with E-state index >= 15 is 0 Å². The molecule has 0 atom stereocenters. The van der Waals surface area contributed by atoms with E-state index in [0.717, 1.165) is 0 Å². The van der Waals surface area contributed by atoms with Gasteiger partial charge in [-0.3, -0.25) is 15.1 Å². The highest BCUT2D eigenvalue weighted by Crippen LogP contribution is 2.32. The number of nitro benzene ring substituents is 1. The Balaban J connectivity index is 2.41. The molecule has 102 valence electrons. The van der Waals surface area contributed by atoms with Gasteiger partial charge < -0.3 is 5.11 Å². The number of hydrogen-bond acceptors (Lipinski definition) is 4. The van der Waals surface area contributed by atoms with Crippen LogP contribution in [0.15, 0.2) is 45.9 Å². The molecule has 0 aromatic heterocycles. The van der Waals surface area contributed by atoms with Crippen molar-refractivity contribution in [2.45, 2.75) is 0 Å². The van der Waals surface area contributed by atoms with Crippen LogP contribution in [0.3, 0.4) is 0 Å². The Bertz CT molecular complexity index is 704. The van der Waals surface area contributed by atoms with Gasteiger partial charge in [0.2, 0.25) is 5.75 Å². The molecule has 7 heteroatoms. The van der Waals surface area contributed by atoms with E-state index in [9.17, 15) is 19.6 Å². The molecule has 0 heterocycles. The van der Waals surface area contributed by atoms with E-state index in [1.54, 1.807) is 6.07 Å². The number of nitrogens with zero attached hydrogens (tertiary/aromatic N) is 2. The molecule has 0 saturated heterocycles. The maximum atomic E-state index is 13.0. The fourth-order valence-corrected chi connectivity index (χ4v) is 2.01. The van der Waals surface area contributed by atoms with Crippen LogP contribution in [-0.4, -0.2) is 16.2 Å². The van der Waals surface area contributed by atoms with Gasteiger partial charge in [0.1, 0.15) is 5.82 Å². The van der Waals surface area contributed by atoms with Gasteiger partial charge >= 0.3 is 5.69 Å². The van der Waals surface area contributed by atoms with Crippen LogP contribution in [0.2, 0.25) is 0 Å². The minimum atomic E-state index is -0.695. The van der Waals surface area contributed by atoms with E-state index in [4.69, 9.17) is 0 Å². The summed E-state index contributed by atoms with van der Waals surface area (Å²) in [7, 11) is 0. The summed E-state index contributed by atoms with van der Waals surface area (Å²) in [6, 6.07) is 8.22. The van der Waals surface area contributed by atoms with E-state index in [-0.39, 0.29) is 5.56 Å². The molecule has 0 amide bonds. The van der Waals surface area contributed by atoms with Gasteiger partial charge in [-0.25, -0.2) is 4.39 Å². The molecular formula is C13H8BrFN2O3. The Labute approximate surface area is 121 Å². The Morgan fingerprint density at radius 1 is 1.35 bits per heavy atom. The van der Waals surface area contributed by atoms with Crippen molar-refractivity contribution < 1.29 is 14.4 Å².